The standard InChI is InChI=1S/C22H20BrN3O4/c1-22(2,3)30-21(29)26-11-14(13-10-12(23)7-8-16(13)26)17-18(15-6-5-9-24-15)20(28)25(4)19(17)27/h5-11,24H,1-4H3. The van der Waals surface area contributed by atoms with Crippen molar-refractivity contribution in [2.45, 2.75) is 26.4 Å². The van der Waals surface area contributed by atoms with E-state index in [2.05, 4.69) is 20.9 Å². The molecule has 0 radical (unpaired) electrons. The molecule has 1 N–H and O–H groups in total. The number of amides is 2. The van der Waals surface area contributed by atoms with Crippen LogP contribution in [0.1, 0.15) is 32.0 Å². The summed E-state index contributed by atoms with van der Waals surface area (Å²) in [6, 6.07) is 8.90. The van der Waals surface area contributed by atoms with Crippen molar-refractivity contribution in [2.24, 2.45) is 0 Å². The largest absolute Gasteiger partial charge is 0.443 e. The van der Waals surface area contributed by atoms with Crippen LogP contribution < -0.4 is 0 Å². The van der Waals surface area contributed by atoms with Gasteiger partial charge in [0.2, 0.25) is 0 Å². The Labute approximate surface area is 181 Å². The van der Waals surface area contributed by atoms with Gasteiger partial charge >= 0.3 is 6.09 Å². The fraction of sp³-hybridized carbons (Fsp3) is 0.227. The number of imide groups is 1. The number of benzene rings is 1. The number of aromatic amines is 1. The third-order valence-electron chi connectivity index (χ3n) is 4.78. The van der Waals surface area contributed by atoms with Crippen molar-refractivity contribution in [2.75, 3.05) is 7.05 Å². The lowest BCUT2D eigenvalue weighted by atomic mass is 9.99. The molecule has 3 aromatic rings. The Bertz CT molecular complexity index is 1230. The molecule has 7 nitrogen and oxygen atoms in total. The highest BCUT2D eigenvalue weighted by Gasteiger charge is 2.39. The number of carbonyl (C=O) groups excluding carboxylic acids is 3. The van der Waals surface area contributed by atoms with Crippen LogP contribution in [0.4, 0.5) is 4.79 Å². The molecule has 0 atom stereocenters. The van der Waals surface area contributed by atoms with Gasteiger partial charge in [0.05, 0.1) is 22.4 Å². The van der Waals surface area contributed by atoms with E-state index in [1.807, 2.05) is 6.07 Å². The van der Waals surface area contributed by atoms with Crippen molar-refractivity contribution in [3.63, 3.8) is 0 Å². The molecule has 1 aliphatic heterocycles. The minimum atomic E-state index is -0.683. The molecule has 8 heteroatoms. The Morgan fingerprint density at radius 2 is 1.80 bits per heavy atom. The molecule has 1 aliphatic rings. The summed E-state index contributed by atoms with van der Waals surface area (Å²) in [5.74, 6) is -0.821. The van der Waals surface area contributed by atoms with Crippen LogP contribution in [0.2, 0.25) is 0 Å². The first kappa shape index (κ1) is 20.2. The van der Waals surface area contributed by atoms with E-state index in [-0.39, 0.29) is 11.1 Å². The minimum absolute atomic E-state index is 0.246. The van der Waals surface area contributed by atoms with Crippen LogP contribution >= 0.6 is 15.9 Å². The van der Waals surface area contributed by atoms with Gasteiger partial charge in [-0.15, -0.1) is 0 Å². The first-order chi connectivity index (χ1) is 14.1. The number of hydrogen-bond donors (Lipinski definition) is 1. The van der Waals surface area contributed by atoms with Gasteiger partial charge < -0.3 is 9.72 Å². The van der Waals surface area contributed by atoms with E-state index in [4.69, 9.17) is 4.74 Å². The number of halogens is 1. The first-order valence-corrected chi connectivity index (χ1v) is 10.1. The Morgan fingerprint density at radius 3 is 2.43 bits per heavy atom. The molecule has 2 aromatic heterocycles. The number of ether oxygens (including phenoxy) is 1. The molecule has 2 amide bonds. The van der Waals surface area contributed by atoms with Gasteiger partial charge in [0.25, 0.3) is 11.8 Å². The van der Waals surface area contributed by atoms with E-state index in [0.29, 0.717) is 22.2 Å². The zero-order valence-corrected chi connectivity index (χ0v) is 18.5. The lowest BCUT2D eigenvalue weighted by Crippen LogP contribution is -2.27. The number of nitrogens with zero attached hydrogens (tertiary/aromatic N) is 2. The average Bonchev–Trinajstić information content (AvgIpc) is 3.34. The first-order valence-electron chi connectivity index (χ1n) is 9.33. The van der Waals surface area contributed by atoms with Crippen LogP contribution in [-0.2, 0) is 14.3 Å². The quantitative estimate of drug-likeness (QED) is 0.562. The SMILES string of the molecule is CN1C(=O)C(c2ccc[nH]2)=C(c2cn(C(=O)OC(C)(C)C)c3ccc(Br)cc23)C1=O. The van der Waals surface area contributed by atoms with Crippen LogP contribution in [-0.4, -0.2) is 45.0 Å². The molecule has 0 spiro atoms. The molecule has 0 bridgehead atoms. The lowest BCUT2D eigenvalue weighted by Gasteiger charge is -2.19. The van der Waals surface area contributed by atoms with Gasteiger partial charge in [-0.1, -0.05) is 15.9 Å². The minimum Gasteiger partial charge on any atom is -0.443 e. The summed E-state index contributed by atoms with van der Waals surface area (Å²) in [5, 5.41) is 0.658. The number of likely N-dealkylation sites (N-methyl/N-ethyl adjacent to an activating group) is 1. The second kappa shape index (κ2) is 6.98. The fourth-order valence-electron chi connectivity index (χ4n) is 3.49. The molecule has 30 heavy (non-hydrogen) atoms. The van der Waals surface area contributed by atoms with Gasteiger partial charge in [-0.3, -0.25) is 19.1 Å². The molecular formula is C22H20BrN3O4. The number of nitrogens with one attached hydrogen (secondary N) is 1. The summed E-state index contributed by atoms with van der Waals surface area (Å²) in [7, 11) is 1.45. The zero-order chi connectivity index (χ0) is 21.8. The average molecular weight is 470 g/mol. The van der Waals surface area contributed by atoms with Crippen LogP contribution in [0.15, 0.2) is 47.2 Å². The number of H-pyrrole nitrogens is 1. The summed E-state index contributed by atoms with van der Waals surface area (Å²) in [6.45, 7) is 5.36. The molecular weight excluding hydrogens is 450 g/mol. The molecule has 0 fully saturated rings. The third kappa shape index (κ3) is 3.27. The molecule has 0 saturated carbocycles. The van der Waals surface area contributed by atoms with E-state index in [1.165, 1.54) is 11.6 Å². The van der Waals surface area contributed by atoms with Crippen LogP contribution in [0, 0.1) is 0 Å². The highest BCUT2D eigenvalue weighted by atomic mass is 79.9. The summed E-state index contributed by atoms with van der Waals surface area (Å²) in [5.41, 5.74) is 1.45. The van der Waals surface area contributed by atoms with Crippen molar-refractivity contribution in [3.05, 3.63) is 58.5 Å². The van der Waals surface area contributed by atoms with Gasteiger partial charge in [0.1, 0.15) is 5.60 Å². The van der Waals surface area contributed by atoms with Gasteiger partial charge in [-0.2, -0.15) is 0 Å². The van der Waals surface area contributed by atoms with Gasteiger partial charge in [-0.05, 0) is 51.1 Å². The number of carbonyl (C=O) groups is 3. The van der Waals surface area contributed by atoms with Crippen molar-refractivity contribution in [1.29, 1.82) is 0 Å². The molecule has 154 valence electrons. The molecule has 3 heterocycles. The van der Waals surface area contributed by atoms with Crippen LogP contribution in [0.25, 0.3) is 22.0 Å². The summed E-state index contributed by atoms with van der Waals surface area (Å²) in [4.78, 5) is 42.8. The van der Waals surface area contributed by atoms with E-state index in [9.17, 15) is 14.4 Å². The molecule has 1 aromatic carbocycles. The Kier molecular flexibility index (Phi) is 4.69. The monoisotopic (exact) mass is 469 g/mol. The molecule has 0 aliphatic carbocycles. The van der Waals surface area contributed by atoms with E-state index in [0.717, 1.165) is 9.37 Å². The fourth-order valence-corrected chi connectivity index (χ4v) is 3.85. The Hall–Kier alpha value is -3.13. The molecule has 4 rings (SSSR count). The second-order valence-corrected chi connectivity index (χ2v) is 8.97. The van der Waals surface area contributed by atoms with Gasteiger partial charge in [-0.25, -0.2) is 4.79 Å². The van der Waals surface area contributed by atoms with Gasteiger partial charge in [0, 0.05) is 34.9 Å². The smallest absolute Gasteiger partial charge is 0.419 e. The lowest BCUT2D eigenvalue weighted by molar-refractivity contribution is -0.134. The maximum Gasteiger partial charge on any atom is 0.419 e. The maximum atomic E-state index is 13.1. The summed E-state index contributed by atoms with van der Waals surface area (Å²) < 4.78 is 7.69. The maximum absolute atomic E-state index is 13.1. The van der Waals surface area contributed by atoms with Crippen molar-refractivity contribution < 1.29 is 19.1 Å². The summed E-state index contributed by atoms with van der Waals surface area (Å²) >= 11 is 3.45. The number of hydrogen-bond acceptors (Lipinski definition) is 4. The Morgan fingerprint density at radius 1 is 1.10 bits per heavy atom. The topological polar surface area (TPSA) is 84.4 Å². The van der Waals surface area contributed by atoms with Crippen molar-refractivity contribution in [3.8, 4) is 0 Å². The Balaban J connectivity index is 2.01. The van der Waals surface area contributed by atoms with Crippen molar-refractivity contribution in [1.82, 2.24) is 14.5 Å². The number of fused-ring (bicyclic) bond motifs is 1. The van der Waals surface area contributed by atoms with E-state index < -0.39 is 23.5 Å². The van der Waals surface area contributed by atoms with E-state index in [1.54, 1.807) is 57.4 Å². The zero-order valence-electron chi connectivity index (χ0n) is 16.9. The highest BCUT2D eigenvalue weighted by Crippen LogP contribution is 2.39. The van der Waals surface area contributed by atoms with Gasteiger partial charge in [0.15, 0.2) is 0 Å². The summed E-state index contributed by atoms with van der Waals surface area (Å²) in [6.07, 6.45) is 2.69. The van der Waals surface area contributed by atoms with Crippen molar-refractivity contribution >= 4 is 55.9 Å². The van der Waals surface area contributed by atoms with Crippen LogP contribution in [0.5, 0.6) is 0 Å². The van der Waals surface area contributed by atoms with Crippen LogP contribution in [0.3, 0.4) is 0 Å². The predicted octanol–water partition coefficient (Wildman–Crippen LogP) is 4.42. The highest BCUT2D eigenvalue weighted by molar-refractivity contribution is 9.10. The third-order valence-corrected chi connectivity index (χ3v) is 5.27. The number of aromatic nitrogens is 2. The van der Waals surface area contributed by atoms with E-state index >= 15 is 0 Å². The normalized spacial score (nSPS) is 14.9. The second-order valence-electron chi connectivity index (χ2n) is 8.06. The number of rotatable bonds is 2. The molecule has 0 saturated heterocycles. The predicted molar refractivity (Wildman–Crippen MR) is 117 cm³/mol. The molecule has 0 unspecified atom stereocenters.